The van der Waals surface area contributed by atoms with Gasteiger partial charge in [0, 0.05) is 13.2 Å². The minimum Gasteiger partial charge on any atom is -0.490 e. The third-order valence-corrected chi connectivity index (χ3v) is 5.76. The Morgan fingerprint density at radius 1 is 1.28 bits per heavy atom. The predicted molar refractivity (Wildman–Crippen MR) is 97.1 cm³/mol. The van der Waals surface area contributed by atoms with Crippen LogP contribution in [0.1, 0.15) is 50.6 Å². The van der Waals surface area contributed by atoms with Crippen molar-refractivity contribution in [1.29, 1.82) is 0 Å². The van der Waals surface area contributed by atoms with E-state index in [9.17, 15) is 8.42 Å². The summed E-state index contributed by atoms with van der Waals surface area (Å²) >= 11 is 0. The fraction of sp³-hybridized carbons (Fsp3) is 0.667. The lowest BCUT2D eigenvalue weighted by atomic mass is 10.1. The van der Waals surface area contributed by atoms with E-state index >= 15 is 0 Å². The molecular weight excluding hydrogens is 342 g/mol. The molecule has 7 heteroatoms. The standard InChI is InChI=1S/C18H29NO5S/c1-15(19-25(20,21)12-6-11-23-14-22-2)16-7-5-10-18(13-16)24-17-8-3-4-9-17/h5,7,10,13,15,17,19H,3-4,6,8-9,11-12,14H2,1-2H3/t15-/m1/s1. The first kappa shape index (κ1) is 20.2. The van der Waals surface area contributed by atoms with Crippen LogP contribution in [0.15, 0.2) is 24.3 Å². The van der Waals surface area contributed by atoms with Crippen molar-refractivity contribution < 1.29 is 22.6 Å². The Balaban J connectivity index is 1.85. The third-order valence-electron chi connectivity index (χ3n) is 4.22. The fourth-order valence-corrected chi connectivity index (χ4v) is 4.24. The monoisotopic (exact) mass is 371 g/mol. The SMILES string of the molecule is COCOCCCS(=O)(=O)N[C@H](C)c1cccc(OC2CCCC2)c1. The zero-order valence-electron chi connectivity index (χ0n) is 15.1. The molecule has 0 radical (unpaired) electrons. The molecule has 1 aromatic rings. The van der Waals surface area contributed by atoms with E-state index in [1.54, 1.807) is 0 Å². The summed E-state index contributed by atoms with van der Waals surface area (Å²) in [5.74, 6) is 0.836. The van der Waals surface area contributed by atoms with Crippen LogP contribution in [0.4, 0.5) is 0 Å². The van der Waals surface area contributed by atoms with E-state index in [-0.39, 0.29) is 24.7 Å². The molecule has 2 rings (SSSR count). The van der Waals surface area contributed by atoms with Crippen molar-refractivity contribution in [2.75, 3.05) is 26.3 Å². The van der Waals surface area contributed by atoms with Crippen molar-refractivity contribution in [3.8, 4) is 5.75 Å². The average Bonchev–Trinajstić information content (AvgIpc) is 3.07. The molecule has 6 nitrogen and oxygen atoms in total. The molecule has 1 atom stereocenters. The van der Waals surface area contributed by atoms with E-state index in [0.717, 1.165) is 24.2 Å². The molecule has 0 bridgehead atoms. The van der Waals surface area contributed by atoms with Crippen LogP contribution in [0.25, 0.3) is 0 Å². The number of rotatable bonds is 11. The van der Waals surface area contributed by atoms with E-state index in [1.807, 2.05) is 31.2 Å². The van der Waals surface area contributed by atoms with Crippen molar-refractivity contribution >= 4 is 10.0 Å². The lowest BCUT2D eigenvalue weighted by Crippen LogP contribution is -2.29. The van der Waals surface area contributed by atoms with E-state index in [4.69, 9.17) is 14.2 Å². The van der Waals surface area contributed by atoms with Crippen LogP contribution in [0.2, 0.25) is 0 Å². The Labute approximate surface area is 150 Å². The lowest BCUT2D eigenvalue weighted by molar-refractivity contribution is -0.0298. The second-order valence-corrected chi connectivity index (χ2v) is 8.30. The molecule has 1 N–H and O–H groups in total. The highest BCUT2D eigenvalue weighted by molar-refractivity contribution is 7.89. The number of sulfonamides is 1. The van der Waals surface area contributed by atoms with E-state index in [1.165, 1.54) is 20.0 Å². The molecule has 0 aromatic heterocycles. The van der Waals surface area contributed by atoms with Gasteiger partial charge in [-0.3, -0.25) is 0 Å². The van der Waals surface area contributed by atoms with Gasteiger partial charge >= 0.3 is 0 Å². The highest BCUT2D eigenvalue weighted by atomic mass is 32.2. The second-order valence-electron chi connectivity index (χ2n) is 6.42. The molecule has 0 spiro atoms. The average molecular weight is 371 g/mol. The predicted octanol–water partition coefficient (Wildman–Crippen LogP) is 3.00. The topological polar surface area (TPSA) is 73.9 Å². The summed E-state index contributed by atoms with van der Waals surface area (Å²) in [5.41, 5.74) is 0.898. The van der Waals surface area contributed by atoms with Crippen LogP contribution in [-0.2, 0) is 19.5 Å². The Kier molecular flexibility index (Phi) is 8.15. The Morgan fingerprint density at radius 2 is 2.04 bits per heavy atom. The quantitative estimate of drug-likeness (QED) is 0.478. The summed E-state index contributed by atoms with van der Waals surface area (Å²) in [4.78, 5) is 0. The smallest absolute Gasteiger partial charge is 0.212 e. The molecule has 0 heterocycles. The Hall–Kier alpha value is -1.15. The highest BCUT2D eigenvalue weighted by Crippen LogP contribution is 2.26. The molecule has 1 fully saturated rings. The summed E-state index contributed by atoms with van der Waals surface area (Å²) in [6, 6.07) is 7.36. The number of benzene rings is 1. The van der Waals surface area contributed by atoms with Crippen molar-refractivity contribution in [1.82, 2.24) is 4.72 Å². The lowest BCUT2D eigenvalue weighted by Gasteiger charge is -2.17. The van der Waals surface area contributed by atoms with Gasteiger partial charge in [0.2, 0.25) is 10.0 Å². The van der Waals surface area contributed by atoms with Crippen LogP contribution < -0.4 is 9.46 Å². The Bertz CT molecular complexity index is 614. The first-order valence-electron chi connectivity index (χ1n) is 8.83. The molecule has 1 aliphatic carbocycles. The van der Waals surface area contributed by atoms with Crippen LogP contribution in [-0.4, -0.2) is 40.8 Å². The van der Waals surface area contributed by atoms with Gasteiger partial charge in [0.25, 0.3) is 0 Å². The van der Waals surface area contributed by atoms with Gasteiger partial charge < -0.3 is 14.2 Å². The summed E-state index contributed by atoms with van der Waals surface area (Å²) in [5, 5.41) is 0. The van der Waals surface area contributed by atoms with Gasteiger partial charge in [-0.05, 0) is 56.7 Å². The molecule has 25 heavy (non-hydrogen) atoms. The van der Waals surface area contributed by atoms with Gasteiger partial charge in [-0.2, -0.15) is 0 Å². The van der Waals surface area contributed by atoms with Gasteiger partial charge in [-0.25, -0.2) is 13.1 Å². The third kappa shape index (κ3) is 7.32. The van der Waals surface area contributed by atoms with Crippen LogP contribution >= 0.6 is 0 Å². The first-order chi connectivity index (χ1) is 12.0. The number of methoxy groups -OCH3 is 1. The Morgan fingerprint density at radius 3 is 2.76 bits per heavy atom. The number of nitrogens with one attached hydrogen (secondary N) is 1. The van der Waals surface area contributed by atoms with Gasteiger partial charge in [-0.1, -0.05) is 12.1 Å². The zero-order valence-corrected chi connectivity index (χ0v) is 15.9. The van der Waals surface area contributed by atoms with Crippen LogP contribution in [0.5, 0.6) is 5.75 Å². The molecule has 1 saturated carbocycles. The minimum atomic E-state index is -3.36. The maximum atomic E-state index is 12.2. The van der Waals surface area contributed by atoms with E-state index < -0.39 is 10.0 Å². The normalized spacial score (nSPS) is 16.9. The molecular formula is C18H29NO5S. The molecule has 142 valence electrons. The van der Waals surface area contributed by atoms with Crippen LogP contribution in [0.3, 0.4) is 0 Å². The number of hydrogen-bond donors (Lipinski definition) is 1. The molecule has 0 saturated heterocycles. The molecule has 1 aromatic carbocycles. The van der Waals surface area contributed by atoms with Crippen molar-refractivity contribution in [2.45, 2.75) is 51.2 Å². The molecule has 0 unspecified atom stereocenters. The summed E-state index contributed by atoms with van der Waals surface area (Å²) < 4.78 is 42.9. The largest absolute Gasteiger partial charge is 0.490 e. The fourth-order valence-electron chi connectivity index (χ4n) is 2.95. The van der Waals surface area contributed by atoms with Crippen molar-refractivity contribution in [2.24, 2.45) is 0 Å². The minimum absolute atomic E-state index is 0.0271. The number of ether oxygens (including phenoxy) is 3. The van der Waals surface area contributed by atoms with E-state index in [2.05, 4.69) is 4.72 Å². The van der Waals surface area contributed by atoms with Gasteiger partial charge in [0.05, 0.1) is 18.5 Å². The molecule has 0 amide bonds. The van der Waals surface area contributed by atoms with Crippen molar-refractivity contribution in [3.05, 3.63) is 29.8 Å². The van der Waals surface area contributed by atoms with Gasteiger partial charge in [-0.15, -0.1) is 0 Å². The van der Waals surface area contributed by atoms with Crippen LogP contribution in [0, 0.1) is 0 Å². The van der Waals surface area contributed by atoms with E-state index in [0.29, 0.717) is 13.0 Å². The first-order valence-corrected chi connectivity index (χ1v) is 10.5. The summed E-state index contributed by atoms with van der Waals surface area (Å²) in [6.07, 6.45) is 5.34. The highest BCUT2D eigenvalue weighted by Gasteiger charge is 2.18. The maximum absolute atomic E-state index is 12.2. The number of hydrogen-bond acceptors (Lipinski definition) is 5. The van der Waals surface area contributed by atoms with Crippen molar-refractivity contribution in [3.63, 3.8) is 0 Å². The summed E-state index contributed by atoms with van der Waals surface area (Å²) in [6.45, 7) is 2.37. The maximum Gasteiger partial charge on any atom is 0.212 e. The second kappa shape index (κ2) is 10.1. The van der Waals surface area contributed by atoms with Gasteiger partial charge in [0.15, 0.2) is 0 Å². The zero-order chi connectivity index (χ0) is 18.1. The molecule has 0 aliphatic heterocycles. The van der Waals surface area contributed by atoms with Gasteiger partial charge in [0.1, 0.15) is 12.5 Å². The summed E-state index contributed by atoms with van der Waals surface area (Å²) in [7, 11) is -1.83. The molecule has 1 aliphatic rings.